The standard InChI is InChI=1S/C11H12F2N2O/c1-15(3-4-16-2)11-9(12)5-8(7-14)6-10(11)13/h5-6H,3-4H2,1-2H3. The first kappa shape index (κ1) is 12.4. The molecule has 0 fully saturated rings. The Kier molecular flexibility index (Phi) is 4.20. The van der Waals surface area contributed by atoms with Crippen molar-refractivity contribution < 1.29 is 13.5 Å². The Labute approximate surface area is 92.9 Å². The molecule has 0 aliphatic rings. The largest absolute Gasteiger partial charge is 0.383 e. The van der Waals surface area contributed by atoms with E-state index in [1.54, 1.807) is 13.1 Å². The molecular weight excluding hydrogens is 214 g/mol. The SMILES string of the molecule is COCCN(C)c1c(F)cc(C#N)cc1F. The second-order valence-corrected chi connectivity index (χ2v) is 3.31. The molecule has 0 aromatic heterocycles. The van der Waals surface area contributed by atoms with Crippen LogP contribution in [0.2, 0.25) is 0 Å². The third-order valence-corrected chi connectivity index (χ3v) is 2.16. The van der Waals surface area contributed by atoms with Gasteiger partial charge in [0, 0.05) is 20.7 Å². The maximum Gasteiger partial charge on any atom is 0.150 e. The van der Waals surface area contributed by atoms with E-state index in [0.717, 1.165) is 12.1 Å². The number of ether oxygens (including phenoxy) is 1. The van der Waals surface area contributed by atoms with Crippen LogP contribution < -0.4 is 4.90 Å². The lowest BCUT2D eigenvalue weighted by Gasteiger charge is -2.20. The van der Waals surface area contributed by atoms with Gasteiger partial charge in [-0.3, -0.25) is 0 Å². The Morgan fingerprint density at radius 1 is 1.38 bits per heavy atom. The highest BCUT2D eigenvalue weighted by atomic mass is 19.1. The predicted octanol–water partition coefficient (Wildman–Crippen LogP) is 1.92. The first-order valence-corrected chi connectivity index (χ1v) is 4.69. The van der Waals surface area contributed by atoms with Crippen molar-refractivity contribution in [2.75, 3.05) is 32.2 Å². The molecule has 0 atom stereocenters. The van der Waals surface area contributed by atoms with Crippen LogP contribution in [0.3, 0.4) is 0 Å². The first-order chi connectivity index (χ1) is 7.60. The Balaban J connectivity index is 3.01. The van der Waals surface area contributed by atoms with Crippen LogP contribution in [0.4, 0.5) is 14.5 Å². The molecule has 0 saturated heterocycles. The molecule has 0 unspecified atom stereocenters. The summed E-state index contributed by atoms with van der Waals surface area (Å²) < 4.78 is 31.8. The topological polar surface area (TPSA) is 36.3 Å². The number of halogens is 2. The molecule has 1 aromatic rings. The van der Waals surface area contributed by atoms with Crippen LogP contribution in [0.25, 0.3) is 0 Å². The average molecular weight is 226 g/mol. The Hall–Kier alpha value is -1.67. The van der Waals surface area contributed by atoms with Crippen LogP contribution in [0, 0.1) is 23.0 Å². The first-order valence-electron chi connectivity index (χ1n) is 4.69. The van der Waals surface area contributed by atoms with E-state index in [0.29, 0.717) is 13.2 Å². The van der Waals surface area contributed by atoms with E-state index < -0.39 is 11.6 Å². The summed E-state index contributed by atoms with van der Waals surface area (Å²) in [6.45, 7) is 0.742. The minimum Gasteiger partial charge on any atom is -0.383 e. The molecule has 0 heterocycles. The second kappa shape index (κ2) is 5.42. The lowest BCUT2D eigenvalue weighted by atomic mass is 10.2. The van der Waals surface area contributed by atoms with Gasteiger partial charge in [0.1, 0.15) is 5.69 Å². The minimum absolute atomic E-state index is 0.0288. The summed E-state index contributed by atoms with van der Waals surface area (Å²) in [7, 11) is 3.08. The maximum atomic E-state index is 13.5. The lowest BCUT2D eigenvalue weighted by Crippen LogP contribution is -2.24. The molecule has 16 heavy (non-hydrogen) atoms. The van der Waals surface area contributed by atoms with E-state index >= 15 is 0 Å². The number of likely N-dealkylation sites (N-methyl/N-ethyl adjacent to an activating group) is 1. The molecule has 0 spiro atoms. The van der Waals surface area contributed by atoms with Gasteiger partial charge in [-0.2, -0.15) is 5.26 Å². The van der Waals surface area contributed by atoms with Gasteiger partial charge in [-0.05, 0) is 12.1 Å². The van der Waals surface area contributed by atoms with Gasteiger partial charge in [0.15, 0.2) is 11.6 Å². The number of rotatable bonds is 4. The maximum absolute atomic E-state index is 13.5. The van der Waals surface area contributed by atoms with E-state index in [1.165, 1.54) is 12.0 Å². The predicted molar refractivity (Wildman–Crippen MR) is 56.2 cm³/mol. The van der Waals surface area contributed by atoms with Crippen molar-refractivity contribution in [1.82, 2.24) is 0 Å². The number of benzene rings is 1. The van der Waals surface area contributed by atoms with Crippen molar-refractivity contribution in [2.45, 2.75) is 0 Å². The molecule has 86 valence electrons. The average Bonchev–Trinajstić information content (AvgIpc) is 2.25. The highest BCUT2D eigenvalue weighted by molar-refractivity contribution is 5.52. The van der Waals surface area contributed by atoms with Crippen molar-refractivity contribution in [3.8, 4) is 6.07 Å². The molecular formula is C11H12F2N2O. The highest BCUT2D eigenvalue weighted by Crippen LogP contribution is 2.23. The van der Waals surface area contributed by atoms with Gasteiger partial charge in [0.05, 0.1) is 18.2 Å². The number of nitrogens with zero attached hydrogens (tertiary/aromatic N) is 2. The molecule has 0 bridgehead atoms. The molecule has 1 aromatic carbocycles. The molecule has 0 aliphatic heterocycles. The number of methoxy groups -OCH3 is 1. The number of hydrogen-bond acceptors (Lipinski definition) is 3. The summed E-state index contributed by atoms with van der Waals surface area (Å²) in [4.78, 5) is 1.41. The van der Waals surface area contributed by atoms with Gasteiger partial charge in [0.25, 0.3) is 0 Å². The summed E-state index contributed by atoms with van der Waals surface area (Å²) in [5.74, 6) is -1.48. The van der Waals surface area contributed by atoms with Crippen LogP contribution >= 0.6 is 0 Å². The molecule has 1 rings (SSSR count). The van der Waals surface area contributed by atoms with Crippen LogP contribution in [0.15, 0.2) is 12.1 Å². The van der Waals surface area contributed by atoms with E-state index in [2.05, 4.69) is 0 Å². The molecule has 0 aliphatic carbocycles. The second-order valence-electron chi connectivity index (χ2n) is 3.31. The molecule has 0 N–H and O–H groups in total. The van der Waals surface area contributed by atoms with Gasteiger partial charge in [-0.1, -0.05) is 0 Å². The third-order valence-electron chi connectivity index (χ3n) is 2.16. The smallest absolute Gasteiger partial charge is 0.150 e. The van der Waals surface area contributed by atoms with Crippen molar-refractivity contribution in [3.63, 3.8) is 0 Å². The summed E-state index contributed by atoms with van der Waals surface area (Å²) in [6.07, 6.45) is 0. The van der Waals surface area contributed by atoms with E-state index in [9.17, 15) is 8.78 Å². The van der Waals surface area contributed by atoms with Crippen LogP contribution in [-0.4, -0.2) is 27.3 Å². The van der Waals surface area contributed by atoms with Crippen LogP contribution in [0.1, 0.15) is 5.56 Å². The fourth-order valence-corrected chi connectivity index (χ4v) is 1.33. The summed E-state index contributed by atoms with van der Waals surface area (Å²) in [5, 5.41) is 8.54. The number of hydrogen-bond donors (Lipinski definition) is 0. The number of anilines is 1. The summed E-state index contributed by atoms with van der Waals surface area (Å²) >= 11 is 0. The van der Waals surface area contributed by atoms with Crippen molar-refractivity contribution in [2.24, 2.45) is 0 Å². The zero-order chi connectivity index (χ0) is 12.1. The lowest BCUT2D eigenvalue weighted by molar-refractivity contribution is 0.206. The monoisotopic (exact) mass is 226 g/mol. The minimum atomic E-state index is -0.741. The van der Waals surface area contributed by atoms with Crippen molar-refractivity contribution in [1.29, 1.82) is 5.26 Å². The fraction of sp³-hybridized carbons (Fsp3) is 0.364. The van der Waals surface area contributed by atoms with Gasteiger partial charge < -0.3 is 9.64 Å². The van der Waals surface area contributed by atoms with Crippen molar-refractivity contribution >= 4 is 5.69 Å². The quantitative estimate of drug-likeness (QED) is 0.787. The normalized spacial score (nSPS) is 9.94. The Bertz CT molecular complexity index is 392. The van der Waals surface area contributed by atoms with Gasteiger partial charge in [-0.25, -0.2) is 8.78 Å². The van der Waals surface area contributed by atoms with Gasteiger partial charge in [0.2, 0.25) is 0 Å². The Morgan fingerprint density at radius 3 is 2.38 bits per heavy atom. The van der Waals surface area contributed by atoms with Crippen LogP contribution in [-0.2, 0) is 4.74 Å². The van der Waals surface area contributed by atoms with E-state index in [-0.39, 0.29) is 11.3 Å². The summed E-state index contributed by atoms with van der Waals surface area (Å²) in [6, 6.07) is 3.73. The molecule has 0 radical (unpaired) electrons. The third kappa shape index (κ3) is 2.67. The van der Waals surface area contributed by atoms with E-state index in [4.69, 9.17) is 10.00 Å². The molecule has 0 saturated carbocycles. The Morgan fingerprint density at radius 2 is 1.94 bits per heavy atom. The van der Waals surface area contributed by atoms with Crippen LogP contribution in [0.5, 0.6) is 0 Å². The molecule has 3 nitrogen and oxygen atoms in total. The number of nitriles is 1. The van der Waals surface area contributed by atoms with Gasteiger partial charge >= 0.3 is 0 Å². The summed E-state index contributed by atoms with van der Waals surface area (Å²) in [5.41, 5.74) is -0.171. The molecule has 5 heteroatoms. The zero-order valence-electron chi connectivity index (χ0n) is 9.13. The zero-order valence-corrected chi connectivity index (χ0v) is 9.13. The highest BCUT2D eigenvalue weighted by Gasteiger charge is 2.14. The van der Waals surface area contributed by atoms with E-state index in [1.807, 2.05) is 0 Å². The molecule has 0 amide bonds. The fourth-order valence-electron chi connectivity index (χ4n) is 1.33. The van der Waals surface area contributed by atoms with Gasteiger partial charge in [-0.15, -0.1) is 0 Å². The van der Waals surface area contributed by atoms with Crippen molar-refractivity contribution in [3.05, 3.63) is 29.3 Å².